The van der Waals surface area contributed by atoms with Crippen molar-refractivity contribution in [3.63, 3.8) is 0 Å². The second-order valence-corrected chi connectivity index (χ2v) is 6.42. The van der Waals surface area contributed by atoms with Crippen LogP contribution in [0, 0.1) is 13.8 Å². The monoisotopic (exact) mass is 306 g/mol. The number of rotatable bonds is 2. The fraction of sp³-hybridized carbons (Fsp3) is 0.368. The first-order valence-corrected chi connectivity index (χ1v) is 8.27. The maximum atomic E-state index is 4.90. The average Bonchev–Trinajstić information content (AvgIpc) is 3.12. The summed E-state index contributed by atoms with van der Waals surface area (Å²) >= 11 is 0. The fourth-order valence-corrected chi connectivity index (χ4v) is 3.83. The van der Waals surface area contributed by atoms with Gasteiger partial charge in [0.1, 0.15) is 5.82 Å². The van der Waals surface area contributed by atoms with Crippen molar-refractivity contribution in [2.24, 2.45) is 7.05 Å². The Labute approximate surface area is 136 Å². The van der Waals surface area contributed by atoms with Gasteiger partial charge in [-0.1, -0.05) is 18.2 Å². The van der Waals surface area contributed by atoms with Crippen molar-refractivity contribution in [1.82, 2.24) is 14.8 Å². The van der Waals surface area contributed by atoms with Gasteiger partial charge in [0.2, 0.25) is 0 Å². The van der Waals surface area contributed by atoms with Crippen LogP contribution in [0.3, 0.4) is 0 Å². The third-order valence-corrected chi connectivity index (χ3v) is 5.03. The van der Waals surface area contributed by atoms with Crippen molar-refractivity contribution in [3.8, 4) is 0 Å². The van der Waals surface area contributed by atoms with E-state index < -0.39 is 0 Å². The summed E-state index contributed by atoms with van der Waals surface area (Å²) in [6.45, 7) is 5.34. The molecule has 3 aromatic rings. The lowest BCUT2D eigenvalue weighted by molar-refractivity contribution is 0.694. The molecule has 0 spiro atoms. The third-order valence-electron chi connectivity index (χ3n) is 5.03. The second kappa shape index (κ2) is 5.37. The zero-order chi connectivity index (χ0) is 16.0. The summed E-state index contributed by atoms with van der Waals surface area (Å²) in [4.78, 5) is 7.35. The summed E-state index contributed by atoms with van der Waals surface area (Å²) in [6.07, 6.45) is 2.37. The van der Waals surface area contributed by atoms with Crippen LogP contribution < -0.4 is 4.90 Å². The molecule has 118 valence electrons. The smallest absolute Gasteiger partial charge is 0.129 e. The SMILES string of the molecule is Cc1nn(C)c(C)c1C1CCCN1c1ccc2ccccc2n1. The standard InChI is InChI=1S/C19H22N4/c1-13-19(14(2)22(3)21-13)17-9-6-12-23(17)18-11-10-15-7-4-5-8-16(15)20-18/h4-5,7-8,10-11,17H,6,9,12H2,1-3H3. The molecule has 1 aliphatic rings. The van der Waals surface area contributed by atoms with E-state index in [4.69, 9.17) is 4.98 Å². The number of pyridine rings is 1. The first-order valence-electron chi connectivity index (χ1n) is 8.27. The van der Waals surface area contributed by atoms with Crippen LogP contribution in [0.4, 0.5) is 5.82 Å². The lowest BCUT2D eigenvalue weighted by Crippen LogP contribution is -2.24. The molecule has 4 rings (SSSR count). The van der Waals surface area contributed by atoms with E-state index in [1.807, 2.05) is 11.7 Å². The number of nitrogens with zero attached hydrogens (tertiary/aromatic N) is 4. The topological polar surface area (TPSA) is 34.0 Å². The lowest BCUT2D eigenvalue weighted by atomic mass is 10.0. The van der Waals surface area contributed by atoms with E-state index in [2.05, 4.69) is 60.2 Å². The molecule has 3 heterocycles. The molecule has 4 nitrogen and oxygen atoms in total. The molecule has 1 saturated heterocycles. The van der Waals surface area contributed by atoms with Crippen molar-refractivity contribution < 1.29 is 0 Å². The van der Waals surface area contributed by atoms with Gasteiger partial charge in [-0.15, -0.1) is 0 Å². The van der Waals surface area contributed by atoms with Gasteiger partial charge in [-0.25, -0.2) is 4.98 Å². The Kier molecular flexibility index (Phi) is 3.33. The Bertz CT molecular complexity index is 865. The number of para-hydroxylation sites is 1. The number of hydrogen-bond donors (Lipinski definition) is 0. The highest BCUT2D eigenvalue weighted by Crippen LogP contribution is 2.38. The van der Waals surface area contributed by atoms with Gasteiger partial charge < -0.3 is 4.90 Å². The Morgan fingerprint density at radius 3 is 2.70 bits per heavy atom. The van der Waals surface area contributed by atoms with Gasteiger partial charge in [0.05, 0.1) is 17.3 Å². The summed E-state index contributed by atoms with van der Waals surface area (Å²) in [5.41, 5.74) is 4.85. The highest BCUT2D eigenvalue weighted by atomic mass is 15.3. The molecule has 0 aliphatic carbocycles. The quantitative estimate of drug-likeness (QED) is 0.719. The van der Waals surface area contributed by atoms with E-state index in [-0.39, 0.29) is 0 Å². The minimum Gasteiger partial charge on any atom is -0.349 e. The van der Waals surface area contributed by atoms with Crippen LogP contribution in [0.1, 0.15) is 35.8 Å². The van der Waals surface area contributed by atoms with Crippen LogP contribution >= 0.6 is 0 Å². The first-order chi connectivity index (χ1) is 11.1. The maximum absolute atomic E-state index is 4.90. The third kappa shape index (κ3) is 2.29. The molecule has 4 heteroatoms. The molecule has 1 aromatic carbocycles. The molecule has 0 amide bonds. The van der Waals surface area contributed by atoms with Gasteiger partial charge in [-0.05, 0) is 44.9 Å². The molecule has 0 radical (unpaired) electrons. The molecule has 23 heavy (non-hydrogen) atoms. The molecular formula is C19H22N4. The molecule has 0 saturated carbocycles. The molecule has 1 aliphatic heterocycles. The number of aryl methyl sites for hydroxylation is 2. The maximum Gasteiger partial charge on any atom is 0.129 e. The summed E-state index contributed by atoms with van der Waals surface area (Å²) in [6, 6.07) is 13.0. The number of fused-ring (bicyclic) bond motifs is 1. The second-order valence-electron chi connectivity index (χ2n) is 6.42. The minimum absolute atomic E-state index is 0.386. The van der Waals surface area contributed by atoms with E-state index in [9.17, 15) is 0 Å². The Morgan fingerprint density at radius 1 is 1.09 bits per heavy atom. The molecule has 1 atom stereocenters. The van der Waals surface area contributed by atoms with E-state index in [0.29, 0.717) is 6.04 Å². The van der Waals surface area contributed by atoms with Crippen LogP contribution in [0.25, 0.3) is 10.9 Å². The van der Waals surface area contributed by atoms with Crippen LogP contribution in [-0.2, 0) is 7.05 Å². The van der Waals surface area contributed by atoms with Gasteiger partial charge in [0.15, 0.2) is 0 Å². The first kappa shape index (κ1) is 14.2. The van der Waals surface area contributed by atoms with Crippen LogP contribution in [0.2, 0.25) is 0 Å². The van der Waals surface area contributed by atoms with Crippen LogP contribution in [-0.4, -0.2) is 21.3 Å². The van der Waals surface area contributed by atoms with Gasteiger partial charge in [0.25, 0.3) is 0 Å². The van der Waals surface area contributed by atoms with Gasteiger partial charge >= 0.3 is 0 Å². The van der Waals surface area contributed by atoms with Gasteiger partial charge in [0, 0.05) is 30.2 Å². The van der Waals surface area contributed by atoms with E-state index >= 15 is 0 Å². The highest BCUT2D eigenvalue weighted by Gasteiger charge is 2.31. The van der Waals surface area contributed by atoms with Crippen LogP contribution in [0.5, 0.6) is 0 Å². The average molecular weight is 306 g/mol. The summed E-state index contributed by atoms with van der Waals surface area (Å²) in [5.74, 6) is 1.08. The Hall–Kier alpha value is -2.36. The lowest BCUT2D eigenvalue weighted by Gasteiger charge is -2.26. The predicted molar refractivity (Wildman–Crippen MR) is 93.7 cm³/mol. The highest BCUT2D eigenvalue weighted by molar-refractivity contribution is 5.80. The molecule has 1 unspecified atom stereocenters. The summed E-state index contributed by atoms with van der Waals surface area (Å²) < 4.78 is 2.00. The van der Waals surface area contributed by atoms with Crippen molar-refractivity contribution in [3.05, 3.63) is 53.3 Å². The zero-order valence-electron chi connectivity index (χ0n) is 14.0. The number of benzene rings is 1. The predicted octanol–water partition coefficient (Wildman–Crippen LogP) is 3.93. The normalized spacial score (nSPS) is 18.0. The van der Waals surface area contributed by atoms with E-state index in [1.54, 1.807) is 0 Å². The van der Waals surface area contributed by atoms with Crippen molar-refractivity contribution in [2.75, 3.05) is 11.4 Å². The van der Waals surface area contributed by atoms with Gasteiger partial charge in [-0.3, -0.25) is 4.68 Å². The van der Waals surface area contributed by atoms with E-state index in [0.717, 1.165) is 23.6 Å². The Morgan fingerprint density at radius 2 is 1.91 bits per heavy atom. The van der Waals surface area contributed by atoms with E-state index in [1.165, 1.54) is 29.5 Å². The summed E-state index contributed by atoms with van der Waals surface area (Å²) in [7, 11) is 2.03. The molecule has 2 aromatic heterocycles. The Balaban J connectivity index is 1.77. The molecular weight excluding hydrogens is 284 g/mol. The fourth-order valence-electron chi connectivity index (χ4n) is 3.83. The zero-order valence-corrected chi connectivity index (χ0v) is 14.0. The molecule has 0 bridgehead atoms. The van der Waals surface area contributed by atoms with Crippen molar-refractivity contribution >= 4 is 16.7 Å². The van der Waals surface area contributed by atoms with Gasteiger partial charge in [-0.2, -0.15) is 5.10 Å². The number of aromatic nitrogens is 3. The number of anilines is 1. The largest absolute Gasteiger partial charge is 0.349 e. The number of hydrogen-bond acceptors (Lipinski definition) is 3. The van der Waals surface area contributed by atoms with Crippen molar-refractivity contribution in [1.29, 1.82) is 0 Å². The minimum atomic E-state index is 0.386. The molecule has 1 fully saturated rings. The summed E-state index contributed by atoms with van der Waals surface area (Å²) in [5, 5.41) is 5.80. The molecule has 0 N–H and O–H groups in total. The van der Waals surface area contributed by atoms with Crippen molar-refractivity contribution in [2.45, 2.75) is 32.7 Å². The van der Waals surface area contributed by atoms with Crippen LogP contribution in [0.15, 0.2) is 36.4 Å².